The molecule has 8 heteroatoms. The van der Waals surface area contributed by atoms with Crippen LogP contribution < -0.4 is 4.74 Å². The number of pyridine rings is 1. The van der Waals surface area contributed by atoms with E-state index in [-0.39, 0.29) is 30.1 Å². The first-order valence-electron chi connectivity index (χ1n) is 15.9. The number of ether oxygens (including phenoxy) is 1. The summed E-state index contributed by atoms with van der Waals surface area (Å²) in [5.74, 6) is -5.51. The second-order valence-corrected chi connectivity index (χ2v) is 11.5. The summed E-state index contributed by atoms with van der Waals surface area (Å²) >= 11 is 0. The van der Waals surface area contributed by atoms with Crippen LogP contribution in [0.4, 0.5) is 13.2 Å². The molecular formula is C33H48F3N3O2. The first-order valence-corrected chi connectivity index (χ1v) is 15.9. The van der Waals surface area contributed by atoms with Crippen LogP contribution in [0.25, 0.3) is 0 Å². The van der Waals surface area contributed by atoms with Crippen molar-refractivity contribution in [2.45, 2.75) is 141 Å². The summed E-state index contributed by atoms with van der Waals surface area (Å²) in [4.78, 5) is 24.2. The second-order valence-electron chi connectivity index (χ2n) is 11.5. The maximum atomic E-state index is 15.5. The monoisotopic (exact) mass is 575 g/mol. The maximum absolute atomic E-state index is 15.5. The molecule has 0 amide bonds. The van der Waals surface area contributed by atoms with Crippen LogP contribution in [0.3, 0.4) is 0 Å². The number of halogens is 3. The van der Waals surface area contributed by atoms with E-state index in [9.17, 15) is 9.18 Å². The van der Waals surface area contributed by atoms with E-state index >= 15 is 8.78 Å². The lowest BCUT2D eigenvalue weighted by atomic mass is 9.80. The van der Waals surface area contributed by atoms with Gasteiger partial charge in [-0.3, -0.25) is 4.79 Å². The van der Waals surface area contributed by atoms with Gasteiger partial charge in [0.05, 0.1) is 18.1 Å². The molecule has 0 spiro atoms. The van der Waals surface area contributed by atoms with Crippen molar-refractivity contribution in [2.24, 2.45) is 0 Å². The predicted molar refractivity (Wildman–Crippen MR) is 156 cm³/mol. The molecule has 1 aliphatic rings. The highest BCUT2D eigenvalue weighted by molar-refractivity contribution is 5.78. The third-order valence-electron chi connectivity index (χ3n) is 8.02. The van der Waals surface area contributed by atoms with Gasteiger partial charge in [-0.25, -0.2) is 18.7 Å². The summed E-state index contributed by atoms with van der Waals surface area (Å²) in [6.45, 7) is 4.72. The lowest BCUT2D eigenvalue weighted by Crippen LogP contribution is -2.33. The Labute approximate surface area is 244 Å². The van der Waals surface area contributed by atoms with Gasteiger partial charge in [-0.15, -0.1) is 0 Å². The van der Waals surface area contributed by atoms with Crippen molar-refractivity contribution in [2.75, 3.05) is 6.61 Å². The number of unbranched alkanes of at least 4 members (excludes halogenated alkanes) is 10. The number of Topliss-reactive ketones (excluding diaryl/α,β-unsaturated/α-hetero) is 1. The normalized spacial score (nSPS) is 16.0. The number of rotatable bonds is 20. The fourth-order valence-corrected chi connectivity index (χ4v) is 5.54. The van der Waals surface area contributed by atoms with Gasteiger partial charge in [0, 0.05) is 31.3 Å². The number of hydrogen-bond donors (Lipinski definition) is 0. The van der Waals surface area contributed by atoms with E-state index in [1.165, 1.54) is 38.2 Å². The van der Waals surface area contributed by atoms with Crippen molar-refractivity contribution in [3.8, 4) is 5.88 Å². The second kappa shape index (κ2) is 17.4. The van der Waals surface area contributed by atoms with Gasteiger partial charge in [0.1, 0.15) is 11.6 Å². The number of aryl methyl sites for hydroxylation is 2. The average molecular weight is 576 g/mol. The number of nitrogens with zero attached hydrogens (tertiary/aromatic N) is 3. The minimum atomic E-state index is -3.47. The molecule has 0 radical (unpaired) electrons. The molecule has 5 nitrogen and oxygen atoms in total. The Morgan fingerprint density at radius 1 is 0.902 bits per heavy atom. The smallest absolute Gasteiger partial charge is 0.287 e. The summed E-state index contributed by atoms with van der Waals surface area (Å²) < 4.78 is 51.6. The number of fused-ring (bicyclic) bond motifs is 1. The number of alkyl halides is 2. The predicted octanol–water partition coefficient (Wildman–Crippen LogP) is 9.21. The highest BCUT2D eigenvalue weighted by atomic mass is 19.3. The van der Waals surface area contributed by atoms with E-state index in [1.54, 1.807) is 12.4 Å². The van der Waals surface area contributed by atoms with Gasteiger partial charge in [-0.05, 0) is 56.1 Å². The number of carbonyl (C=O) groups excluding carboxylic acids is 1. The van der Waals surface area contributed by atoms with Gasteiger partial charge >= 0.3 is 0 Å². The largest absolute Gasteiger partial charge is 0.478 e. The molecule has 0 bridgehead atoms. The lowest BCUT2D eigenvalue weighted by Gasteiger charge is -2.32. The Balaban J connectivity index is 1.47. The van der Waals surface area contributed by atoms with Crippen molar-refractivity contribution in [1.29, 1.82) is 0 Å². The lowest BCUT2D eigenvalue weighted by molar-refractivity contribution is -0.119. The fourth-order valence-electron chi connectivity index (χ4n) is 5.54. The number of aromatic nitrogens is 3. The topological polar surface area (TPSA) is 65.0 Å². The molecule has 0 fully saturated rings. The quantitative estimate of drug-likeness (QED) is 0.116. The first kappa shape index (κ1) is 33.0. The summed E-state index contributed by atoms with van der Waals surface area (Å²) in [5, 5.41) is 0. The molecule has 0 saturated carbocycles. The van der Waals surface area contributed by atoms with Crippen LogP contribution in [0.1, 0.15) is 145 Å². The number of ketones is 1. The van der Waals surface area contributed by atoms with Gasteiger partial charge in [-0.2, -0.15) is 9.37 Å². The Morgan fingerprint density at radius 3 is 2.20 bits per heavy atom. The van der Waals surface area contributed by atoms with Crippen molar-refractivity contribution < 1.29 is 22.7 Å². The van der Waals surface area contributed by atoms with E-state index in [2.05, 4.69) is 28.8 Å². The summed E-state index contributed by atoms with van der Waals surface area (Å²) in [6.07, 6.45) is 19.3. The van der Waals surface area contributed by atoms with Gasteiger partial charge in [0.15, 0.2) is 0 Å². The molecule has 0 aliphatic heterocycles. The minimum Gasteiger partial charge on any atom is -0.478 e. The zero-order valence-electron chi connectivity index (χ0n) is 25.0. The molecule has 3 rings (SSSR count). The van der Waals surface area contributed by atoms with E-state index in [1.807, 2.05) is 0 Å². The van der Waals surface area contributed by atoms with Crippen molar-refractivity contribution in [1.82, 2.24) is 15.0 Å². The Hall–Kier alpha value is -2.51. The first-order chi connectivity index (χ1) is 19.9. The van der Waals surface area contributed by atoms with Crippen molar-refractivity contribution in [3.63, 3.8) is 0 Å². The Kier molecular flexibility index (Phi) is 14.0. The van der Waals surface area contributed by atoms with Crippen LogP contribution in [0.15, 0.2) is 18.5 Å². The van der Waals surface area contributed by atoms with Crippen LogP contribution in [-0.2, 0) is 23.6 Å². The third kappa shape index (κ3) is 10.4. The zero-order chi connectivity index (χ0) is 29.5. The molecule has 0 aromatic carbocycles. The Bertz CT molecular complexity index is 1060. The van der Waals surface area contributed by atoms with Gasteiger partial charge in [0.2, 0.25) is 11.8 Å². The van der Waals surface area contributed by atoms with E-state index in [0.717, 1.165) is 63.4 Å². The maximum Gasteiger partial charge on any atom is 0.287 e. The van der Waals surface area contributed by atoms with Gasteiger partial charge in [-0.1, -0.05) is 71.6 Å². The van der Waals surface area contributed by atoms with Crippen molar-refractivity contribution >= 4 is 5.78 Å². The van der Waals surface area contributed by atoms with Gasteiger partial charge < -0.3 is 4.74 Å². The standard InChI is InChI=1S/C33H48F3N3O2/c1-3-5-7-9-10-15-21-41-29-22-26-19-20-28(33(35,36)30(26)31(34)39-29)32-37-23-25(24-38-32)16-12-11-14-18-27(40)17-13-8-6-4-2/h22-24,28H,3-21H2,1-2H3. The van der Waals surface area contributed by atoms with Crippen LogP contribution >= 0.6 is 0 Å². The molecular weight excluding hydrogens is 527 g/mol. The zero-order valence-corrected chi connectivity index (χ0v) is 25.0. The van der Waals surface area contributed by atoms with Crippen LogP contribution in [0.5, 0.6) is 5.88 Å². The van der Waals surface area contributed by atoms with E-state index < -0.39 is 23.4 Å². The molecule has 2 aromatic rings. The molecule has 1 unspecified atom stereocenters. The molecule has 228 valence electrons. The highest BCUT2D eigenvalue weighted by Gasteiger charge is 2.50. The number of carbonyl (C=O) groups is 1. The number of hydrogen-bond acceptors (Lipinski definition) is 5. The minimum absolute atomic E-state index is 0.0286. The molecule has 2 heterocycles. The molecule has 2 aromatic heterocycles. The summed E-state index contributed by atoms with van der Waals surface area (Å²) in [7, 11) is 0. The van der Waals surface area contributed by atoms with Crippen molar-refractivity contribution in [3.05, 3.63) is 46.9 Å². The molecule has 0 saturated heterocycles. The van der Waals surface area contributed by atoms with E-state index in [4.69, 9.17) is 4.74 Å². The third-order valence-corrected chi connectivity index (χ3v) is 8.02. The molecule has 0 N–H and O–H groups in total. The molecule has 1 aliphatic carbocycles. The average Bonchev–Trinajstić information content (AvgIpc) is 2.95. The SMILES string of the molecule is CCCCCCCCOc1cc2c(c(F)n1)C(F)(F)C(c1ncc(CCCCCC(=O)CCCCCC)cn1)CC2. The van der Waals surface area contributed by atoms with Crippen LogP contribution in [-0.4, -0.2) is 27.3 Å². The van der Waals surface area contributed by atoms with Crippen LogP contribution in [0.2, 0.25) is 0 Å². The van der Waals surface area contributed by atoms with Gasteiger partial charge in [0.25, 0.3) is 5.92 Å². The van der Waals surface area contributed by atoms with Crippen LogP contribution in [0, 0.1) is 5.95 Å². The summed E-state index contributed by atoms with van der Waals surface area (Å²) in [6, 6.07) is 1.46. The molecule has 41 heavy (non-hydrogen) atoms. The highest BCUT2D eigenvalue weighted by Crippen LogP contribution is 2.49. The summed E-state index contributed by atoms with van der Waals surface area (Å²) in [5.41, 5.74) is 0.458. The Morgan fingerprint density at radius 2 is 1.51 bits per heavy atom. The fraction of sp³-hybridized carbons (Fsp3) is 0.697. The molecule has 1 atom stereocenters. The van der Waals surface area contributed by atoms with E-state index in [0.29, 0.717) is 25.2 Å².